The van der Waals surface area contributed by atoms with Gasteiger partial charge in [-0.25, -0.2) is 4.98 Å². The van der Waals surface area contributed by atoms with E-state index in [2.05, 4.69) is 29.2 Å². The molecule has 2 nitrogen and oxygen atoms in total. The predicted octanol–water partition coefficient (Wildman–Crippen LogP) is 3.90. The minimum absolute atomic E-state index is 0.498. The standard InChI is InChI=1S/C17H18N2S/c20-17-14-6-3-7-15(14)18-16(19-17)13-9-8-11-4-1-2-5-12(11)10-13/h1-2,4-5,13H,3,6-10H2,(H,18,19,20). The predicted molar refractivity (Wildman–Crippen MR) is 82.7 cm³/mol. The third-order valence-corrected chi connectivity index (χ3v) is 5.05. The first-order valence-electron chi connectivity index (χ1n) is 7.50. The molecule has 0 radical (unpaired) electrons. The van der Waals surface area contributed by atoms with E-state index in [9.17, 15) is 0 Å². The summed E-state index contributed by atoms with van der Waals surface area (Å²) < 4.78 is 0.838. The number of benzene rings is 1. The van der Waals surface area contributed by atoms with Crippen LogP contribution in [0, 0.1) is 4.64 Å². The Kier molecular flexibility index (Phi) is 2.95. The number of aryl methyl sites for hydroxylation is 2. The number of hydrogen-bond donors (Lipinski definition) is 1. The molecule has 0 saturated carbocycles. The molecule has 0 amide bonds. The van der Waals surface area contributed by atoms with Crippen LogP contribution in [0.4, 0.5) is 0 Å². The van der Waals surface area contributed by atoms with Gasteiger partial charge in [0.05, 0.1) is 0 Å². The smallest absolute Gasteiger partial charge is 0.133 e. The quantitative estimate of drug-likeness (QED) is 0.804. The Hall–Kier alpha value is -1.48. The number of rotatable bonds is 1. The topological polar surface area (TPSA) is 28.7 Å². The Morgan fingerprint density at radius 1 is 1.10 bits per heavy atom. The Morgan fingerprint density at radius 2 is 1.95 bits per heavy atom. The van der Waals surface area contributed by atoms with Gasteiger partial charge in [-0.1, -0.05) is 36.5 Å². The highest BCUT2D eigenvalue weighted by atomic mass is 32.1. The normalized spacial score (nSPS) is 20.5. The van der Waals surface area contributed by atoms with Crippen LogP contribution in [0.15, 0.2) is 24.3 Å². The second-order valence-corrected chi connectivity index (χ2v) is 6.33. The molecule has 0 spiro atoms. The molecule has 102 valence electrons. The van der Waals surface area contributed by atoms with Crippen LogP contribution in [0.1, 0.15) is 47.0 Å². The van der Waals surface area contributed by atoms with Crippen molar-refractivity contribution in [1.29, 1.82) is 0 Å². The van der Waals surface area contributed by atoms with Crippen molar-refractivity contribution in [1.82, 2.24) is 9.97 Å². The van der Waals surface area contributed by atoms with E-state index in [1.54, 1.807) is 0 Å². The third-order valence-electron chi connectivity index (χ3n) is 4.71. The molecule has 1 atom stereocenters. The van der Waals surface area contributed by atoms with Crippen molar-refractivity contribution in [2.45, 2.75) is 44.4 Å². The molecule has 1 unspecified atom stereocenters. The first-order valence-corrected chi connectivity index (χ1v) is 7.91. The van der Waals surface area contributed by atoms with Crippen LogP contribution in [0.5, 0.6) is 0 Å². The SMILES string of the molecule is S=c1nc(C2CCc3ccccc3C2)[nH]c2c1CCC2. The van der Waals surface area contributed by atoms with Crippen molar-refractivity contribution < 1.29 is 0 Å². The molecule has 0 bridgehead atoms. The Morgan fingerprint density at radius 3 is 2.85 bits per heavy atom. The van der Waals surface area contributed by atoms with E-state index in [0.29, 0.717) is 5.92 Å². The first kappa shape index (κ1) is 12.3. The minimum atomic E-state index is 0.498. The molecule has 1 heterocycles. The lowest BCUT2D eigenvalue weighted by molar-refractivity contribution is 0.551. The number of hydrogen-bond acceptors (Lipinski definition) is 2. The monoisotopic (exact) mass is 282 g/mol. The van der Waals surface area contributed by atoms with E-state index in [1.165, 1.54) is 35.2 Å². The summed E-state index contributed by atoms with van der Waals surface area (Å²) in [5.41, 5.74) is 5.62. The maximum atomic E-state index is 5.48. The van der Waals surface area contributed by atoms with Gasteiger partial charge in [-0.05, 0) is 49.7 Å². The molecule has 20 heavy (non-hydrogen) atoms. The highest BCUT2D eigenvalue weighted by Crippen LogP contribution is 2.32. The van der Waals surface area contributed by atoms with Crippen molar-refractivity contribution in [2.75, 3.05) is 0 Å². The molecule has 3 heteroatoms. The molecule has 2 aromatic rings. The summed E-state index contributed by atoms with van der Waals surface area (Å²) in [5.74, 6) is 1.61. The van der Waals surface area contributed by atoms with Gasteiger partial charge in [-0.3, -0.25) is 0 Å². The summed E-state index contributed by atoms with van der Waals surface area (Å²) in [5, 5.41) is 0. The maximum Gasteiger partial charge on any atom is 0.133 e. The molecule has 0 fully saturated rings. The number of nitrogens with one attached hydrogen (secondary N) is 1. The molecule has 1 aromatic heterocycles. The van der Waals surface area contributed by atoms with Crippen LogP contribution < -0.4 is 0 Å². The Bertz CT molecular complexity index is 717. The largest absolute Gasteiger partial charge is 0.347 e. The van der Waals surface area contributed by atoms with E-state index in [-0.39, 0.29) is 0 Å². The summed E-state index contributed by atoms with van der Waals surface area (Å²) in [6.45, 7) is 0. The summed E-state index contributed by atoms with van der Waals surface area (Å²) >= 11 is 5.48. The van der Waals surface area contributed by atoms with Gasteiger partial charge in [-0.15, -0.1) is 0 Å². The Balaban J connectivity index is 1.70. The minimum Gasteiger partial charge on any atom is -0.347 e. The number of aromatic amines is 1. The van der Waals surface area contributed by atoms with Crippen molar-refractivity contribution in [3.8, 4) is 0 Å². The molecule has 4 rings (SSSR count). The van der Waals surface area contributed by atoms with Gasteiger partial charge in [0.1, 0.15) is 10.5 Å². The van der Waals surface area contributed by atoms with Gasteiger partial charge < -0.3 is 4.98 Å². The lowest BCUT2D eigenvalue weighted by Crippen LogP contribution is -2.16. The Labute approximate surface area is 124 Å². The molecular formula is C17H18N2S. The number of nitrogens with zero attached hydrogens (tertiary/aromatic N) is 1. The van der Waals surface area contributed by atoms with Crippen LogP contribution in [0.2, 0.25) is 0 Å². The van der Waals surface area contributed by atoms with Gasteiger partial charge in [0.25, 0.3) is 0 Å². The fraction of sp³-hybridized carbons (Fsp3) is 0.412. The van der Waals surface area contributed by atoms with Gasteiger partial charge in [0, 0.05) is 17.2 Å². The molecular weight excluding hydrogens is 264 g/mol. The van der Waals surface area contributed by atoms with Crippen LogP contribution in [0.3, 0.4) is 0 Å². The summed E-state index contributed by atoms with van der Waals surface area (Å²) in [6.07, 6.45) is 6.87. The third kappa shape index (κ3) is 2.01. The van der Waals surface area contributed by atoms with Crippen LogP contribution >= 0.6 is 12.2 Å². The molecule has 0 aliphatic heterocycles. The number of aromatic nitrogens is 2. The van der Waals surface area contributed by atoms with Crippen molar-refractivity contribution in [3.05, 3.63) is 57.1 Å². The van der Waals surface area contributed by atoms with Gasteiger partial charge in [0.15, 0.2) is 0 Å². The molecule has 2 aliphatic carbocycles. The van der Waals surface area contributed by atoms with Crippen LogP contribution in [-0.4, -0.2) is 9.97 Å². The van der Waals surface area contributed by atoms with E-state index < -0.39 is 0 Å². The summed E-state index contributed by atoms with van der Waals surface area (Å²) in [6, 6.07) is 8.78. The van der Waals surface area contributed by atoms with E-state index in [4.69, 9.17) is 17.2 Å². The second-order valence-electron chi connectivity index (χ2n) is 5.95. The number of fused-ring (bicyclic) bond motifs is 2. The fourth-order valence-electron chi connectivity index (χ4n) is 3.60. The average molecular weight is 282 g/mol. The molecule has 0 saturated heterocycles. The number of H-pyrrole nitrogens is 1. The molecule has 2 aliphatic rings. The zero-order valence-corrected chi connectivity index (χ0v) is 12.3. The summed E-state index contributed by atoms with van der Waals surface area (Å²) in [4.78, 5) is 8.29. The van der Waals surface area contributed by atoms with Gasteiger partial charge in [-0.2, -0.15) is 0 Å². The average Bonchev–Trinajstić information content (AvgIpc) is 2.96. The molecule has 1 N–H and O–H groups in total. The lowest BCUT2D eigenvalue weighted by Gasteiger charge is -2.24. The maximum absolute atomic E-state index is 5.48. The van der Waals surface area contributed by atoms with Crippen molar-refractivity contribution in [3.63, 3.8) is 0 Å². The summed E-state index contributed by atoms with van der Waals surface area (Å²) in [7, 11) is 0. The fourth-order valence-corrected chi connectivity index (χ4v) is 3.93. The van der Waals surface area contributed by atoms with E-state index in [0.717, 1.165) is 36.1 Å². The van der Waals surface area contributed by atoms with Gasteiger partial charge >= 0.3 is 0 Å². The second kappa shape index (κ2) is 4.81. The van der Waals surface area contributed by atoms with Crippen molar-refractivity contribution >= 4 is 12.2 Å². The van der Waals surface area contributed by atoms with Crippen LogP contribution in [-0.2, 0) is 25.7 Å². The highest BCUT2D eigenvalue weighted by molar-refractivity contribution is 7.71. The molecule has 1 aromatic carbocycles. The highest BCUT2D eigenvalue weighted by Gasteiger charge is 2.23. The van der Waals surface area contributed by atoms with Gasteiger partial charge in [0.2, 0.25) is 0 Å². The van der Waals surface area contributed by atoms with E-state index in [1.807, 2.05) is 0 Å². The lowest BCUT2D eigenvalue weighted by atomic mass is 9.83. The zero-order valence-electron chi connectivity index (χ0n) is 11.5. The zero-order chi connectivity index (χ0) is 13.5. The van der Waals surface area contributed by atoms with Crippen molar-refractivity contribution in [2.24, 2.45) is 0 Å². The van der Waals surface area contributed by atoms with Crippen LogP contribution in [0.25, 0.3) is 0 Å². The van der Waals surface area contributed by atoms with E-state index >= 15 is 0 Å². The first-order chi connectivity index (χ1) is 9.81.